The molecule has 5 nitrogen and oxygen atoms in total. The van der Waals surface area contributed by atoms with E-state index in [0.717, 1.165) is 17.9 Å². The Hall–Kier alpha value is -1.63. The number of furan rings is 1. The third-order valence-corrected chi connectivity index (χ3v) is 4.20. The van der Waals surface area contributed by atoms with Crippen molar-refractivity contribution < 1.29 is 9.21 Å². The summed E-state index contributed by atoms with van der Waals surface area (Å²) >= 11 is 1.74. The summed E-state index contributed by atoms with van der Waals surface area (Å²) in [7, 11) is 0. The molecule has 0 aliphatic heterocycles. The van der Waals surface area contributed by atoms with Crippen LogP contribution in [0.2, 0.25) is 0 Å². The number of hydrogen-bond acceptors (Lipinski definition) is 5. The molecule has 0 aliphatic rings. The predicted octanol–water partition coefficient (Wildman–Crippen LogP) is 2.66. The molecule has 0 aromatic carbocycles. The van der Waals surface area contributed by atoms with E-state index in [1.807, 2.05) is 13.0 Å². The minimum atomic E-state index is -0.395. The van der Waals surface area contributed by atoms with E-state index in [1.165, 1.54) is 4.88 Å². The molecule has 2 rings (SSSR count). The maximum atomic E-state index is 11.6. The van der Waals surface area contributed by atoms with Crippen molar-refractivity contribution in [3.63, 3.8) is 0 Å². The first-order chi connectivity index (χ1) is 10.0. The first kappa shape index (κ1) is 15.8. The molecule has 21 heavy (non-hydrogen) atoms. The van der Waals surface area contributed by atoms with Gasteiger partial charge in [-0.25, -0.2) is 5.84 Å². The zero-order valence-corrected chi connectivity index (χ0v) is 13.4. The highest BCUT2D eigenvalue weighted by molar-refractivity contribution is 7.09. The van der Waals surface area contributed by atoms with Gasteiger partial charge in [-0.15, -0.1) is 11.3 Å². The molecule has 0 radical (unpaired) electrons. The van der Waals surface area contributed by atoms with E-state index in [1.54, 1.807) is 11.3 Å². The Kier molecular flexibility index (Phi) is 5.17. The standard InChI is InChI=1S/C15H21N3O2S/c1-10(2)18(9-13-5-4-6-21-13)8-12-7-11(3)14(20-12)15(19)17-16/h4-7,10H,8-9,16H2,1-3H3,(H,17,19). The highest BCUT2D eigenvalue weighted by Crippen LogP contribution is 2.20. The summed E-state index contributed by atoms with van der Waals surface area (Å²) in [5, 5.41) is 2.08. The smallest absolute Gasteiger partial charge is 0.301 e. The van der Waals surface area contributed by atoms with Crippen molar-refractivity contribution in [2.45, 2.75) is 39.9 Å². The summed E-state index contributed by atoms with van der Waals surface area (Å²) in [6.45, 7) is 7.67. The molecule has 0 unspecified atom stereocenters. The normalized spacial score (nSPS) is 11.3. The van der Waals surface area contributed by atoms with E-state index in [4.69, 9.17) is 10.3 Å². The van der Waals surface area contributed by atoms with Crippen LogP contribution in [-0.4, -0.2) is 16.8 Å². The van der Waals surface area contributed by atoms with Gasteiger partial charge < -0.3 is 4.42 Å². The van der Waals surface area contributed by atoms with Crippen molar-refractivity contribution in [3.8, 4) is 0 Å². The van der Waals surface area contributed by atoms with Gasteiger partial charge >= 0.3 is 5.91 Å². The van der Waals surface area contributed by atoms with Crippen LogP contribution in [0.1, 0.15) is 40.6 Å². The number of aryl methyl sites for hydroxylation is 1. The zero-order valence-electron chi connectivity index (χ0n) is 12.6. The van der Waals surface area contributed by atoms with Gasteiger partial charge in [0.1, 0.15) is 5.76 Å². The SMILES string of the molecule is Cc1cc(CN(Cc2cccs2)C(C)C)oc1C(=O)NN. The average molecular weight is 307 g/mol. The number of nitrogen functional groups attached to an aromatic ring is 1. The van der Waals surface area contributed by atoms with Gasteiger partial charge in [-0.3, -0.25) is 15.1 Å². The molecular formula is C15H21N3O2S. The van der Waals surface area contributed by atoms with Crippen LogP contribution in [0.4, 0.5) is 0 Å². The highest BCUT2D eigenvalue weighted by Gasteiger charge is 2.18. The Labute approximate surface area is 128 Å². The van der Waals surface area contributed by atoms with Crippen LogP contribution in [0.15, 0.2) is 28.0 Å². The van der Waals surface area contributed by atoms with Gasteiger partial charge in [0.05, 0.1) is 6.54 Å². The lowest BCUT2D eigenvalue weighted by molar-refractivity contribution is 0.0919. The molecule has 0 saturated carbocycles. The largest absolute Gasteiger partial charge is 0.454 e. The first-order valence-corrected chi connectivity index (χ1v) is 7.76. The first-order valence-electron chi connectivity index (χ1n) is 6.88. The number of carbonyl (C=O) groups is 1. The minimum absolute atomic E-state index is 0.285. The van der Waals surface area contributed by atoms with Crippen molar-refractivity contribution in [1.29, 1.82) is 0 Å². The molecule has 0 fully saturated rings. The topological polar surface area (TPSA) is 71.5 Å². The third-order valence-electron chi connectivity index (χ3n) is 3.33. The number of thiophene rings is 1. The number of nitrogens with two attached hydrogens (primary N) is 1. The average Bonchev–Trinajstić information content (AvgIpc) is 3.07. The van der Waals surface area contributed by atoms with Crippen LogP contribution in [-0.2, 0) is 13.1 Å². The quantitative estimate of drug-likeness (QED) is 0.489. The van der Waals surface area contributed by atoms with Gasteiger partial charge in [0.2, 0.25) is 0 Å². The minimum Gasteiger partial charge on any atom is -0.454 e. The Morgan fingerprint density at radius 2 is 2.24 bits per heavy atom. The number of hydrazine groups is 1. The molecule has 0 saturated heterocycles. The van der Waals surface area contributed by atoms with Crippen molar-refractivity contribution >= 4 is 17.2 Å². The van der Waals surface area contributed by atoms with Crippen molar-refractivity contribution in [1.82, 2.24) is 10.3 Å². The lowest BCUT2D eigenvalue weighted by Gasteiger charge is -2.24. The third kappa shape index (κ3) is 3.93. The van der Waals surface area contributed by atoms with Gasteiger partial charge in [-0.1, -0.05) is 6.07 Å². The fourth-order valence-electron chi connectivity index (χ4n) is 2.14. The molecular weight excluding hydrogens is 286 g/mol. The van der Waals surface area contributed by atoms with Crippen molar-refractivity contribution in [3.05, 3.63) is 45.5 Å². The van der Waals surface area contributed by atoms with E-state index < -0.39 is 5.91 Å². The van der Waals surface area contributed by atoms with Gasteiger partial charge in [-0.2, -0.15) is 0 Å². The number of carbonyl (C=O) groups excluding carboxylic acids is 1. The number of amides is 1. The van der Waals surface area contributed by atoms with Crippen LogP contribution >= 0.6 is 11.3 Å². The van der Waals surface area contributed by atoms with Crippen LogP contribution in [0.25, 0.3) is 0 Å². The second-order valence-corrected chi connectivity index (χ2v) is 6.31. The van der Waals surface area contributed by atoms with Crippen molar-refractivity contribution in [2.75, 3.05) is 0 Å². The molecule has 0 spiro atoms. The summed E-state index contributed by atoms with van der Waals surface area (Å²) < 4.78 is 5.64. The maximum absolute atomic E-state index is 11.6. The Morgan fingerprint density at radius 1 is 1.48 bits per heavy atom. The lowest BCUT2D eigenvalue weighted by atomic mass is 10.2. The van der Waals surface area contributed by atoms with E-state index >= 15 is 0 Å². The van der Waals surface area contributed by atoms with Crippen LogP contribution in [0, 0.1) is 6.92 Å². The second-order valence-electron chi connectivity index (χ2n) is 5.28. The molecule has 0 atom stereocenters. The molecule has 3 N–H and O–H groups in total. The van der Waals surface area contributed by atoms with Gasteiger partial charge in [0, 0.05) is 23.0 Å². The molecule has 2 aromatic rings. The second kappa shape index (κ2) is 6.89. The molecule has 2 heterocycles. The van der Waals surface area contributed by atoms with Gasteiger partial charge in [0.15, 0.2) is 5.76 Å². The number of nitrogens with zero attached hydrogens (tertiary/aromatic N) is 1. The van der Waals surface area contributed by atoms with Gasteiger partial charge in [-0.05, 0) is 38.3 Å². The summed E-state index contributed by atoms with van der Waals surface area (Å²) in [6.07, 6.45) is 0. The number of rotatable bonds is 6. The lowest BCUT2D eigenvalue weighted by Crippen LogP contribution is -2.30. The fraction of sp³-hybridized carbons (Fsp3) is 0.400. The van der Waals surface area contributed by atoms with E-state index in [2.05, 4.69) is 41.7 Å². The summed E-state index contributed by atoms with van der Waals surface area (Å²) in [4.78, 5) is 15.2. The highest BCUT2D eigenvalue weighted by atomic mass is 32.1. The summed E-state index contributed by atoms with van der Waals surface area (Å²) in [6, 6.07) is 6.46. The molecule has 1 amide bonds. The molecule has 0 bridgehead atoms. The molecule has 2 aromatic heterocycles. The predicted molar refractivity (Wildman–Crippen MR) is 83.8 cm³/mol. The zero-order chi connectivity index (χ0) is 15.4. The van der Waals surface area contributed by atoms with Crippen molar-refractivity contribution in [2.24, 2.45) is 5.84 Å². The van der Waals surface area contributed by atoms with Crippen LogP contribution < -0.4 is 11.3 Å². The number of nitrogens with one attached hydrogen (secondary N) is 1. The summed E-state index contributed by atoms with van der Waals surface area (Å²) in [5.41, 5.74) is 2.90. The maximum Gasteiger partial charge on any atom is 0.301 e. The van der Waals surface area contributed by atoms with E-state index in [-0.39, 0.29) is 5.76 Å². The Bertz CT molecular complexity index is 590. The Morgan fingerprint density at radius 3 is 2.81 bits per heavy atom. The van der Waals surface area contributed by atoms with Gasteiger partial charge in [0.25, 0.3) is 0 Å². The molecule has 114 valence electrons. The number of hydrogen-bond donors (Lipinski definition) is 2. The fourth-order valence-corrected chi connectivity index (χ4v) is 2.87. The van der Waals surface area contributed by atoms with E-state index in [0.29, 0.717) is 12.6 Å². The monoisotopic (exact) mass is 307 g/mol. The van der Waals surface area contributed by atoms with Crippen LogP contribution in [0.5, 0.6) is 0 Å². The van der Waals surface area contributed by atoms with Crippen LogP contribution in [0.3, 0.4) is 0 Å². The molecule has 6 heteroatoms. The van der Waals surface area contributed by atoms with E-state index in [9.17, 15) is 4.79 Å². The summed E-state index contributed by atoms with van der Waals surface area (Å²) in [5.74, 6) is 5.82. The Balaban J connectivity index is 2.12. The molecule has 0 aliphatic carbocycles.